The van der Waals surface area contributed by atoms with Gasteiger partial charge in [-0.25, -0.2) is 0 Å². The number of hydrogen-bond donors (Lipinski definition) is 0. The standard InChI is InChI=1S/6C10H20O2.2Fe/c6*1-10(2,3)8-6-4-5-7-9(11)12;;/h6*4-8H2,1-3H3,(H,11,12);;/q;;;;;;2*+3/p-6. The van der Waals surface area contributed by atoms with Crippen molar-refractivity contribution < 1.29 is 93.5 Å². The van der Waals surface area contributed by atoms with E-state index in [1.165, 1.54) is 38.5 Å². The van der Waals surface area contributed by atoms with E-state index < -0.39 is 35.8 Å². The predicted octanol–water partition coefficient (Wildman–Crippen LogP) is 10.4. The third-order valence-electron chi connectivity index (χ3n) is 10.8. The number of unbranched alkanes of at least 4 members (excludes halogenated alkanes) is 12. The van der Waals surface area contributed by atoms with Gasteiger partial charge in [0.25, 0.3) is 0 Å². The third-order valence-corrected chi connectivity index (χ3v) is 10.8. The van der Waals surface area contributed by atoms with Crippen LogP contribution in [0.5, 0.6) is 0 Å². The zero-order valence-electron chi connectivity index (χ0n) is 50.8. The van der Waals surface area contributed by atoms with Gasteiger partial charge in [-0.1, -0.05) is 202 Å². The predicted molar refractivity (Wildman–Crippen MR) is 285 cm³/mol. The molecule has 0 spiro atoms. The molecule has 2 radical (unpaired) electrons. The van der Waals surface area contributed by atoms with Crippen LogP contribution >= 0.6 is 0 Å². The van der Waals surface area contributed by atoms with Crippen molar-refractivity contribution in [1.29, 1.82) is 0 Å². The van der Waals surface area contributed by atoms with Crippen LogP contribution in [0.4, 0.5) is 0 Å². The van der Waals surface area contributed by atoms with Crippen LogP contribution in [0.2, 0.25) is 0 Å². The molecule has 0 aliphatic carbocycles. The Bertz CT molecular complexity index is 1080. The minimum absolute atomic E-state index is 0. The summed E-state index contributed by atoms with van der Waals surface area (Å²) in [4.78, 5) is 60.3. The van der Waals surface area contributed by atoms with E-state index in [2.05, 4.69) is 125 Å². The van der Waals surface area contributed by atoms with Gasteiger partial charge in [0, 0.05) is 35.8 Å². The third kappa shape index (κ3) is 123. The Hall–Kier alpha value is -2.14. The maximum absolute atomic E-state index is 10.0. The molecule has 442 valence electrons. The molecular weight excluding hydrogens is 1020 g/mol. The van der Waals surface area contributed by atoms with Gasteiger partial charge in [-0.05, 0) is 148 Å². The van der Waals surface area contributed by atoms with Crippen LogP contribution in [0, 0.1) is 32.5 Å². The molecule has 0 rings (SSSR count). The summed E-state index contributed by atoms with van der Waals surface area (Å²) < 4.78 is 0. The number of hydrogen-bond acceptors (Lipinski definition) is 12. The molecule has 74 heavy (non-hydrogen) atoms. The first-order valence-corrected chi connectivity index (χ1v) is 27.7. The number of rotatable bonds is 30. The molecule has 0 heterocycles. The summed E-state index contributed by atoms with van der Waals surface area (Å²) >= 11 is 0. The molecule has 0 saturated carbocycles. The van der Waals surface area contributed by atoms with E-state index in [-0.39, 0.29) is 72.7 Å². The van der Waals surface area contributed by atoms with Crippen molar-refractivity contribution in [2.45, 2.75) is 317 Å². The van der Waals surface area contributed by atoms with Crippen LogP contribution < -0.4 is 30.6 Å². The Balaban J connectivity index is -0.000000117. The van der Waals surface area contributed by atoms with Crippen molar-refractivity contribution >= 4 is 35.8 Å². The van der Waals surface area contributed by atoms with Gasteiger partial charge in [-0.2, -0.15) is 0 Å². The Labute approximate surface area is 476 Å². The summed E-state index contributed by atoms with van der Waals surface area (Å²) in [6, 6.07) is 0. The van der Waals surface area contributed by atoms with Gasteiger partial charge in [0.05, 0.1) is 0 Å². The van der Waals surface area contributed by atoms with E-state index >= 15 is 0 Å². The van der Waals surface area contributed by atoms with Gasteiger partial charge >= 0.3 is 34.1 Å². The molecule has 0 atom stereocenters. The quantitative estimate of drug-likeness (QED) is 0.0482. The van der Waals surface area contributed by atoms with Gasteiger partial charge in [0.2, 0.25) is 0 Å². The van der Waals surface area contributed by atoms with Gasteiger partial charge in [-0.15, -0.1) is 0 Å². The first kappa shape index (κ1) is 88.5. The number of aliphatic carboxylic acids is 6. The average molecular weight is 1140 g/mol. The van der Waals surface area contributed by atoms with Crippen LogP contribution in [0.3, 0.4) is 0 Å². The Morgan fingerprint density at radius 1 is 0.203 bits per heavy atom. The molecule has 0 aromatic rings. The molecule has 0 unspecified atom stereocenters. The molecule has 12 nitrogen and oxygen atoms in total. The minimum atomic E-state index is -0.925. The fourth-order valence-electron chi connectivity index (χ4n) is 6.61. The molecule has 0 aromatic heterocycles. The van der Waals surface area contributed by atoms with Crippen LogP contribution in [0.1, 0.15) is 317 Å². The van der Waals surface area contributed by atoms with E-state index in [1.807, 2.05) is 0 Å². The zero-order valence-corrected chi connectivity index (χ0v) is 53.0. The Morgan fingerprint density at radius 2 is 0.297 bits per heavy atom. The van der Waals surface area contributed by atoms with Crippen molar-refractivity contribution in [1.82, 2.24) is 0 Å². The molecule has 14 heteroatoms. The Kier molecular flexibility index (Phi) is 61.7. The second-order valence-electron chi connectivity index (χ2n) is 27.0. The number of carboxylic acid groups (broad SMARTS) is 6. The maximum atomic E-state index is 10.0. The molecule has 0 aromatic carbocycles. The molecule has 0 amide bonds. The number of carbonyl (C=O) groups excluding carboxylic acids is 6. The van der Waals surface area contributed by atoms with Crippen molar-refractivity contribution in [2.24, 2.45) is 32.5 Å². The summed E-state index contributed by atoms with van der Waals surface area (Å²) in [5.41, 5.74) is 2.26. The first-order valence-electron chi connectivity index (χ1n) is 27.7. The van der Waals surface area contributed by atoms with Gasteiger partial charge in [-0.3, -0.25) is 0 Å². The maximum Gasteiger partial charge on any atom is 3.00 e. The van der Waals surface area contributed by atoms with Crippen molar-refractivity contribution in [2.75, 3.05) is 0 Å². The van der Waals surface area contributed by atoms with Gasteiger partial charge in [0.1, 0.15) is 0 Å². The van der Waals surface area contributed by atoms with Crippen LogP contribution in [-0.2, 0) is 62.9 Å². The van der Waals surface area contributed by atoms with Crippen LogP contribution in [0.25, 0.3) is 0 Å². The number of carbonyl (C=O) groups is 6. The summed E-state index contributed by atoms with van der Waals surface area (Å²) in [5, 5.41) is 60.3. The smallest absolute Gasteiger partial charge is 0.550 e. The summed E-state index contributed by atoms with van der Waals surface area (Å²) in [6.07, 6.45) is 25.6. The molecule has 0 aliphatic heterocycles. The van der Waals surface area contributed by atoms with Gasteiger partial charge in [0.15, 0.2) is 0 Å². The fraction of sp³-hybridized carbons (Fsp3) is 0.900. The molecule has 0 fully saturated rings. The monoisotopic (exact) mass is 1140 g/mol. The summed E-state index contributed by atoms with van der Waals surface area (Å²) in [6.45, 7) is 39.6. The summed E-state index contributed by atoms with van der Waals surface area (Å²) in [5.74, 6) is -5.55. The topological polar surface area (TPSA) is 241 Å². The second kappa shape index (κ2) is 51.6. The average Bonchev–Trinajstić information content (AvgIpc) is 3.15. The minimum Gasteiger partial charge on any atom is -0.550 e. The second-order valence-corrected chi connectivity index (χ2v) is 27.0. The van der Waals surface area contributed by atoms with E-state index in [1.54, 1.807) is 0 Å². The van der Waals surface area contributed by atoms with Crippen molar-refractivity contribution in [3.8, 4) is 0 Å². The molecule has 0 aliphatic rings. The van der Waals surface area contributed by atoms with Crippen LogP contribution in [-0.4, -0.2) is 35.8 Å². The molecule has 0 saturated heterocycles. The zero-order chi connectivity index (χ0) is 57.7. The molecule has 0 N–H and O–H groups in total. The van der Waals surface area contributed by atoms with E-state index in [4.69, 9.17) is 0 Å². The normalized spacial score (nSPS) is 11.3. The first-order chi connectivity index (χ1) is 32.5. The van der Waals surface area contributed by atoms with E-state index in [0.717, 1.165) is 116 Å². The Morgan fingerprint density at radius 3 is 0.365 bits per heavy atom. The van der Waals surface area contributed by atoms with E-state index in [0.29, 0.717) is 32.5 Å². The van der Waals surface area contributed by atoms with E-state index in [9.17, 15) is 59.4 Å². The summed E-state index contributed by atoms with van der Waals surface area (Å²) in [7, 11) is 0. The largest absolute Gasteiger partial charge is 3.00 e. The van der Waals surface area contributed by atoms with Gasteiger partial charge < -0.3 is 59.4 Å². The van der Waals surface area contributed by atoms with Crippen molar-refractivity contribution in [3.63, 3.8) is 0 Å². The fourth-order valence-corrected chi connectivity index (χ4v) is 6.61. The molecule has 0 bridgehead atoms. The number of carboxylic acids is 6. The van der Waals surface area contributed by atoms with Crippen molar-refractivity contribution in [3.05, 3.63) is 0 Å². The SMILES string of the molecule is CC(C)(C)CCCCCC(=O)[O-].CC(C)(C)CCCCCC(=O)[O-].CC(C)(C)CCCCCC(=O)[O-].CC(C)(C)CCCCCC(=O)[O-].CC(C)(C)CCCCCC(=O)[O-].CC(C)(C)CCCCCC(=O)[O-].[Fe+3].[Fe+3]. The molecular formula is C60H114Fe2O12. The van der Waals surface area contributed by atoms with Crippen LogP contribution in [0.15, 0.2) is 0 Å².